The van der Waals surface area contributed by atoms with Crippen LogP contribution in [0.5, 0.6) is 0 Å². The molecule has 2 nitrogen and oxygen atoms in total. The second kappa shape index (κ2) is 3.74. The van der Waals surface area contributed by atoms with E-state index >= 15 is 0 Å². The zero-order valence-electron chi connectivity index (χ0n) is 6.62. The van der Waals surface area contributed by atoms with Crippen molar-refractivity contribution in [3.8, 4) is 0 Å². The van der Waals surface area contributed by atoms with Crippen LogP contribution in [-0.2, 0) is 6.18 Å². The van der Waals surface area contributed by atoms with Gasteiger partial charge in [0.25, 0.3) is 0 Å². The van der Waals surface area contributed by atoms with Crippen LogP contribution in [0.25, 0.3) is 0 Å². The van der Waals surface area contributed by atoms with Gasteiger partial charge in [-0.15, -0.1) is 0 Å². The number of rotatable bonds is 1. The quantitative estimate of drug-likeness (QED) is 0.469. The topological polar surface area (TPSA) is 38.0 Å². The van der Waals surface area contributed by atoms with Crippen molar-refractivity contribution in [2.75, 3.05) is 5.43 Å². The smallest absolute Gasteiger partial charge is 0.321 e. The number of nitrogens with two attached hydrogens (primary N) is 1. The molecule has 0 amide bonds. The lowest BCUT2D eigenvalue weighted by molar-refractivity contribution is -0.139. The van der Waals surface area contributed by atoms with Gasteiger partial charge in [0.05, 0.1) is 11.3 Å². The predicted octanol–water partition coefficient (Wildman–Crippen LogP) is 2.89. The molecule has 0 heterocycles. The van der Waals surface area contributed by atoms with Crippen LogP contribution in [0.15, 0.2) is 16.6 Å². The third-order valence-electron chi connectivity index (χ3n) is 1.50. The third-order valence-corrected chi connectivity index (χ3v) is 1.96. The minimum absolute atomic E-state index is 0.0965. The number of nitrogen functional groups attached to an aromatic ring is 1. The highest BCUT2D eigenvalue weighted by Gasteiger charge is 2.35. The zero-order valence-corrected chi connectivity index (χ0v) is 8.21. The Hall–Kier alpha value is -0.820. The summed E-state index contributed by atoms with van der Waals surface area (Å²) in [6.07, 6.45) is -4.74. The minimum atomic E-state index is -4.74. The number of hydrogen-bond acceptors (Lipinski definition) is 2. The second-order valence-electron chi connectivity index (χ2n) is 2.46. The molecule has 0 aliphatic heterocycles. The molecule has 14 heavy (non-hydrogen) atoms. The number of anilines is 1. The van der Waals surface area contributed by atoms with Crippen LogP contribution in [0.1, 0.15) is 5.56 Å². The summed E-state index contributed by atoms with van der Waals surface area (Å²) in [4.78, 5) is 0. The Morgan fingerprint density at radius 2 is 1.86 bits per heavy atom. The minimum Gasteiger partial charge on any atom is -0.321 e. The van der Waals surface area contributed by atoms with E-state index < -0.39 is 23.2 Å². The van der Waals surface area contributed by atoms with E-state index in [1.165, 1.54) is 0 Å². The first kappa shape index (κ1) is 11.3. The molecular formula is C7H5BrF4N2. The monoisotopic (exact) mass is 272 g/mol. The van der Waals surface area contributed by atoms with Gasteiger partial charge in [-0.25, -0.2) is 4.39 Å². The first-order valence-corrected chi connectivity index (χ1v) is 4.18. The largest absolute Gasteiger partial charge is 0.419 e. The summed E-state index contributed by atoms with van der Waals surface area (Å²) in [5.41, 5.74) is 0.0718. The number of hydrazine groups is 1. The summed E-state index contributed by atoms with van der Waals surface area (Å²) in [6, 6.07) is 1.76. The lowest BCUT2D eigenvalue weighted by atomic mass is 10.2. The molecule has 1 aromatic rings. The fourth-order valence-corrected chi connectivity index (χ4v) is 1.36. The molecule has 0 saturated carbocycles. The fourth-order valence-electron chi connectivity index (χ4n) is 0.901. The van der Waals surface area contributed by atoms with Crippen molar-refractivity contribution in [1.29, 1.82) is 0 Å². The van der Waals surface area contributed by atoms with Crippen LogP contribution >= 0.6 is 15.9 Å². The van der Waals surface area contributed by atoms with Crippen LogP contribution in [0.4, 0.5) is 23.2 Å². The van der Waals surface area contributed by atoms with Crippen molar-refractivity contribution in [2.24, 2.45) is 5.84 Å². The lowest BCUT2D eigenvalue weighted by Crippen LogP contribution is -2.14. The molecule has 3 N–H and O–H groups in total. The summed E-state index contributed by atoms with van der Waals surface area (Å²) in [7, 11) is 0. The van der Waals surface area contributed by atoms with Gasteiger partial charge in [0.15, 0.2) is 5.82 Å². The second-order valence-corrected chi connectivity index (χ2v) is 3.37. The Balaban J connectivity index is 3.37. The highest BCUT2D eigenvalue weighted by Crippen LogP contribution is 2.36. The molecule has 1 aromatic carbocycles. The van der Waals surface area contributed by atoms with E-state index in [0.717, 1.165) is 6.07 Å². The van der Waals surface area contributed by atoms with Gasteiger partial charge < -0.3 is 5.43 Å². The van der Waals surface area contributed by atoms with Gasteiger partial charge in [-0.3, -0.25) is 5.84 Å². The van der Waals surface area contributed by atoms with Gasteiger partial charge in [0.1, 0.15) is 0 Å². The average molecular weight is 273 g/mol. The van der Waals surface area contributed by atoms with Gasteiger partial charge in [-0.2, -0.15) is 13.2 Å². The van der Waals surface area contributed by atoms with Crippen molar-refractivity contribution in [3.63, 3.8) is 0 Å². The summed E-state index contributed by atoms with van der Waals surface area (Å²) in [5, 5.41) is 0. The van der Waals surface area contributed by atoms with Gasteiger partial charge in [-0.05, 0) is 12.1 Å². The molecule has 0 unspecified atom stereocenters. The highest BCUT2D eigenvalue weighted by atomic mass is 79.9. The molecule has 0 aromatic heterocycles. The molecule has 0 atom stereocenters. The number of nitrogens with one attached hydrogen (secondary N) is 1. The summed E-state index contributed by atoms with van der Waals surface area (Å²) in [6.45, 7) is 0. The maximum atomic E-state index is 13.1. The number of hydrogen-bond donors (Lipinski definition) is 2. The molecule has 0 saturated heterocycles. The summed E-state index contributed by atoms with van der Waals surface area (Å²) < 4.78 is 49.8. The third kappa shape index (κ3) is 2.16. The van der Waals surface area contributed by atoms with Crippen molar-refractivity contribution in [3.05, 3.63) is 28.0 Å². The first-order chi connectivity index (χ1) is 6.36. The van der Waals surface area contributed by atoms with Crippen molar-refractivity contribution in [1.82, 2.24) is 0 Å². The average Bonchev–Trinajstić information content (AvgIpc) is 2.06. The first-order valence-electron chi connectivity index (χ1n) is 3.39. The molecule has 0 bridgehead atoms. The number of benzene rings is 1. The Labute approximate surface area is 85.2 Å². The Bertz CT molecular complexity index is 350. The predicted molar refractivity (Wildman–Crippen MR) is 46.9 cm³/mol. The van der Waals surface area contributed by atoms with E-state index in [2.05, 4.69) is 15.9 Å². The Morgan fingerprint density at radius 1 is 1.29 bits per heavy atom. The van der Waals surface area contributed by atoms with Crippen LogP contribution in [-0.4, -0.2) is 0 Å². The number of alkyl halides is 3. The zero-order chi connectivity index (χ0) is 10.9. The van der Waals surface area contributed by atoms with Crippen LogP contribution < -0.4 is 11.3 Å². The van der Waals surface area contributed by atoms with Gasteiger partial charge in [0.2, 0.25) is 0 Å². The molecule has 0 spiro atoms. The van der Waals surface area contributed by atoms with E-state index in [9.17, 15) is 17.6 Å². The Morgan fingerprint density at radius 3 is 2.29 bits per heavy atom. The van der Waals surface area contributed by atoms with Gasteiger partial charge >= 0.3 is 6.18 Å². The van der Waals surface area contributed by atoms with E-state index in [4.69, 9.17) is 5.84 Å². The van der Waals surface area contributed by atoms with E-state index in [0.29, 0.717) is 6.07 Å². The van der Waals surface area contributed by atoms with Crippen molar-refractivity contribution in [2.45, 2.75) is 6.18 Å². The maximum Gasteiger partial charge on any atom is 0.419 e. The molecule has 0 radical (unpaired) electrons. The van der Waals surface area contributed by atoms with Crippen LogP contribution in [0.2, 0.25) is 0 Å². The molecule has 7 heteroatoms. The fraction of sp³-hybridized carbons (Fsp3) is 0.143. The SMILES string of the molecule is NNc1cc(Br)cc(C(F)(F)F)c1F. The lowest BCUT2D eigenvalue weighted by Gasteiger charge is -2.11. The summed E-state index contributed by atoms with van der Waals surface area (Å²) >= 11 is 2.82. The molecule has 0 fully saturated rings. The maximum absolute atomic E-state index is 13.1. The molecular weight excluding hydrogens is 268 g/mol. The normalized spacial score (nSPS) is 11.6. The molecule has 0 aliphatic rings. The van der Waals surface area contributed by atoms with Crippen LogP contribution in [0.3, 0.4) is 0 Å². The Kier molecular flexibility index (Phi) is 3.01. The van der Waals surface area contributed by atoms with Crippen molar-refractivity contribution >= 4 is 21.6 Å². The molecule has 0 aliphatic carbocycles. The van der Waals surface area contributed by atoms with Crippen LogP contribution in [0, 0.1) is 5.82 Å². The standard InChI is InChI=1S/C7H5BrF4N2/c8-3-1-4(7(10,11)12)6(9)5(2-3)14-13/h1-2,14H,13H2. The van der Waals surface area contributed by atoms with E-state index in [1.807, 2.05) is 5.43 Å². The van der Waals surface area contributed by atoms with Crippen molar-refractivity contribution < 1.29 is 17.6 Å². The summed E-state index contributed by atoms with van der Waals surface area (Å²) in [5.74, 6) is 3.44. The molecule has 1 rings (SSSR count). The highest BCUT2D eigenvalue weighted by molar-refractivity contribution is 9.10. The van der Waals surface area contributed by atoms with Gasteiger partial charge in [-0.1, -0.05) is 15.9 Å². The van der Waals surface area contributed by atoms with Gasteiger partial charge in [0, 0.05) is 4.47 Å². The van der Waals surface area contributed by atoms with E-state index in [-0.39, 0.29) is 4.47 Å². The molecule has 78 valence electrons. The van der Waals surface area contributed by atoms with E-state index in [1.54, 1.807) is 0 Å². The number of halogens is 5.